The molecule has 0 fully saturated rings. The number of nitrogen functional groups attached to an aromatic ring is 1. The Morgan fingerprint density at radius 1 is 1.15 bits per heavy atom. The number of aromatic nitrogens is 2. The molecule has 0 unspecified atom stereocenters. The monoisotopic (exact) mass is 271 g/mol. The van der Waals surface area contributed by atoms with Crippen LogP contribution in [-0.4, -0.2) is 16.5 Å². The molecule has 1 aromatic carbocycles. The summed E-state index contributed by atoms with van der Waals surface area (Å²) in [4.78, 5) is 8.42. The van der Waals surface area contributed by atoms with E-state index in [0.29, 0.717) is 5.82 Å². The summed E-state index contributed by atoms with van der Waals surface area (Å²) in [6, 6.07) is 8.42. The minimum absolute atomic E-state index is 0.681. The lowest BCUT2D eigenvalue weighted by Crippen LogP contribution is -2.15. The summed E-state index contributed by atoms with van der Waals surface area (Å²) >= 11 is 0. The first-order valence-corrected chi connectivity index (χ1v) is 6.85. The van der Waals surface area contributed by atoms with Crippen LogP contribution >= 0.6 is 0 Å². The third-order valence-electron chi connectivity index (χ3n) is 3.38. The van der Waals surface area contributed by atoms with E-state index in [1.165, 1.54) is 17.5 Å². The highest BCUT2D eigenvalue weighted by Crippen LogP contribution is 2.19. The number of anilines is 2. The molecule has 2 aromatic rings. The normalized spacial score (nSPS) is 10.3. The molecule has 0 spiro atoms. The number of rotatable bonds is 6. The van der Waals surface area contributed by atoms with Gasteiger partial charge in [-0.15, -0.1) is 0 Å². The fourth-order valence-electron chi connectivity index (χ4n) is 2.23. The van der Waals surface area contributed by atoms with Crippen LogP contribution in [0.25, 0.3) is 0 Å². The molecule has 0 bridgehead atoms. The van der Waals surface area contributed by atoms with E-state index in [9.17, 15) is 0 Å². The van der Waals surface area contributed by atoms with Gasteiger partial charge in [0.25, 0.3) is 0 Å². The van der Waals surface area contributed by atoms with Crippen molar-refractivity contribution in [1.82, 2.24) is 9.97 Å². The van der Waals surface area contributed by atoms with Gasteiger partial charge in [-0.25, -0.2) is 15.8 Å². The quantitative estimate of drug-likeness (QED) is 0.555. The number of hydrogen-bond donors (Lipinski definition) is 3. The second-order valence-electron chi connectivity index (χ2n) is 4.65. The maximum Gasteiger partial charge on any atom is 0.148 e. The fourth-order valence-corrected chi connectivity index (χ4v) is 2.23. The minimum atomic E-state index is 0.681. The smallest absolute Gasteiger partial charge is 0.148 e. The molecule has 1 heterocycles. The van der Waals surface area contributed by atoms with Crippen LogP contribution < -0.4 is 16.6 Å². The molecule has 0 radical (unpaired) electrons. The van der Waals surface area contributed by atoms with E-state index in [2.05, 4.69) is 58.8 Å². The number of benzene rings is 1. The Hall–Kier alpha value is -2.14. The predicted molar refractivity (Wildman–Crippen MR) is 82.6 cm³/mol. The standard InChI is InChI=1S/C15H21N5/c1-3-13-14(18-10-19-15(13)20-16)17-9-8-12-7-5-4-6-11(12)2/h4-7,10H,3,8-9,16H2,1-2H3,(H2,17,18,19,20). The first-order valence-electron chi connectivity index (χ1n) is 6.85. The lowest BCUT2D eigenvalue weighted by atomic mass is 10.1. The lowest BCUT2D eigenvalue weighted by molar-refractivity contribution is 0.964. The summed E-state index contributed by atoms with van der Waals surface area (Å²) in [5.74, 6) is 7.00. The average Bonchev–Trinajstić information content (AvgIpc) is 2.48. The van der Waals surface area contributed by atoms with Crippen molar-refractivity contribution in [2.75, 3.05) is 17.3 Å². The molecule has 4 N–H and O–H groups in total. The summed E-state index contributed by atoms with van der Waals surface area (Å²) in [5.41, 5.74) is 6.29. The molecule has 5 nitrogen and oxygen atoms in total. The van der Waals surface area contributed by atoms with Gasteiger partial charge in [-0.3, -0.25) is 0 Å². The molecule has 0 atom stereocenters. The number of nitrogens with zero attached hydrogens (tertiary/aromatic N) is 2. The zero-order valence-electron chi connectivity index (χ0n) is 12.0. The molecule has 0 saturated carbocycles. The van der Waals surface area contributed by atoms with E-state index in [4.69, 9.17) is 5.84 Å². The van der Waals surface area contributed by atoms with Crippen LogP contribution in [0.2, 0.25) is 0 Å². The van der Waals surface area contributed by atoms with Crippen molar-refractivity contribution in [2.24, 2.45) is 5.84 Å². The maximum atomic E-state index is 5.47. The third kappa shape index (κ3) is 3.24. The number of hydrogen-bond acceptors (Lipinski definition) is 5. The maximum absolute atomic E-state index is 5.47. The van der Waals surface area contributed by atoms with Crippen LogP contribution in [0.1, 0.15) is 23.6 Å². The van der Waals surface area contributed by atoms with Crippen LogP contribution in [0.15, 0.2) is 30.6 Å². The zero-order valence-corrected chi connectivity index (χ0v) is 12.0. The highest BCUT2D eigenvalue weighted by Gasteiger charge is 2.08. The SMILES string of the molecule is CCc1c(NN)ncnc1NCCc1ccccc1C. The number of hydrazine groups is 1. The van der Waals surface area contributed by atoms with Gasteiger partial charge in [0.1, 0.15) is 18.0 Å². The Morgan fingerprint density at radius 3 is 2.60 bits per heavy atom. The summed E-state index contributed by atoms with van der Waals surface area (Å²) in [5, 5.41) is 3.37. The Balaban J connectivity index is 2.03. The van der Waals surface area contributed by atoms with Gasteiger partial charge < -0.3 is 10.7 Å². The first kappa shape index (κ1) is 14.3. The topological polar surface area (TPSA) is 75.9 Å². The van der Waals surface area contributed by atoms with Gasteiger partial charge in [0, 0.05) is 12.1 Å². The van der Waals surface area contributed by atoms with Gasteiger partial charge in [-0.2, -0.15) is 0 Å². The van der Waals surface area contributed by atoms with Gasteiger partial charge in [-0.1, -0.05) is 31.2 Å². The van der Waals surface area contributed by atoms with E-state index >= 15 is 0 Å². The third-order valence-corrected chi connectivity index (χ3v) is 3.38. The molecule has 5 heteroatoms. The van der Waals surface area contributed by atoms with Crippen molar-refractivity contribution in [3.05, 3.63) is 47.3 Å². The van der Waals surface area contributed by atoms with Crippen molar-refractivity contribution in [1.29, 1.82) is 0 Å². The molecule has 0 saturated heterocycles. The Bertz CT molecular complexity index is 568. The van der Waals surface area contributed by atoms with Crippen LogP contribution in [0.5, 0.6) is 0 Å². The number of nitrogens with two attached hydrogens (primary N) is 1. The van der Waals surface area contributed by atoms with Crippen LogP contribution in [0.4, 0.5) is 11.6 Å². The Labute approximate surface area is 119 Å². The van der Waals surface area contributed by atoms with E-state index < -0.39 is 0 Å². The van der Waals surface area contributed by atoms with E-state index in [1.54, 1.807) is 0 Å². The fraction of sp³-hybridized carbons (Fsp3) is 0.333. The minimum Gasteiger partial charge on any atom is -0.369 e. The Kier molecular flexibility index (Phi) is 4.90. The molecule has 0 aliphatic rings. The summed E-state index contributed by atoms with van der Waals surface area (Å²) in [6.07, 6.45) is 3.31. The zero-order chi connectivity index (χ0) is 14.4. The van der Waals surface area contributed by atoms with Gasteiger partial charge in [0.2, 0.25) is 0 Å². The molecule has 20 heavy (non-hydrogen) atoms. The molecular formula is C15H21N5. The second-order valence-corrected chi connectivity index (χ2v) is 4.65. The molecule has 0 aliphatic carbocycles. The van der Waals surface area contributed by atoms with Crippen molar-refractivity contribution in [2.45, 2.75) is 26.7 Å². The molecule has 0 aliphatic heterocycles. The van der Waals surface area contributed by atoms with Crippen molar-refractivity contribution in [3.8, 4) is 0 Å². The summed E-state index contributed by atoms with van der Waals surface area (Å²) in [7, 11) is 0. The first-order chi connectivity index (χ1) is 9.76. The van der Waals surface area contributed by atoms with Crippen LogP contribution in [-0.2, 0) is 12.8 Å². The van der Waals surface area contributed by atoms with Crippen molar-refractivity contribution >= 4 is 11.6 Å². The lowest BCUT2D eigenvalue weighted by Gasteiger charge is -2.13. The summed E-state index contributed by atoms with van der Waals surface area (Å²) in [6.45, 7) is 5.03. The van der Waals surface area contributed by atoms with Gasteiger partial charge in [0.15, 0.2) is 0 Å². The van der Waals surface area contributed by atoms with E-state index in [0.717, 1.165) is 30.8 Å². The number of aryl methyl sites for hydroxylation is 1. The molecule has 2 rings (SSSR count). The Morgan fingerprint density at radius 2 is 1.90 bits per heavy atom. The van der Waals surface area contributed by atoms with Crippen molar-refractivity contribution in [3.63, 3.8) is 0 Å². The average molecular weight is 271 g/mol. The van der Waals surface area contributed by atoms with Gasteiger partial charge >= 0.3 is 0 Å². The largest absolute Gasteiger partial charge is 0.369 e. The van der Waals surface area contributed by atoms with E-state index in [-0.39, 0.29) is 0 Å². The van der Waals surface area contributed by atoms with Gasteiger partial charge in [0.05, 0.1) is 0 Å². The number of nitrogens with one attached hydrogen (secondary N) is 2. The highest BCUT2D eigenvalue weighted by molar-refractivity contribution is 5.56. The molecular weight excluding hydrogens is 250 g/mol. The molecule has 0 amide bonds. The molecule has 106 valence electrons. The predicted octanol–water partition coefficient (Wildman–Crippen LogP) is 2.29. The summed E-state index contributed by atoms with van der Waals surface area (Å²) < 4.78 is 0. The molecule has 1 aromatic heterocycles. The van der Waals surface area contributed by atoms with Gasteiger partial charge in [-0.05, 0) is 30.9 Å². The van der Waals surface area contributed by atoms with E-state index in [1.807, 2.05) is 0 Å². The van der Waals surface area contributed by atoms with Crippen molar-refractivity contribution < 1.29 is 0 Å². The van der Waals surface area contributed by atoms with Crippen LogP contribution in [0, 0.1) is 6.92 Å². The van der Waals surface area contributed by atoms with Crippen LogP contribution in [0.3, 0.4) is 0 Å². The second kappa shape index (κ2) is 6.86. The highest BCUT2D eigenvalue weighted by atomic mass is 15.3.